The van der Waals surface area contributed by atoms with Gasteiger partial charge in [-0.2, -0.15) is 0 Å². The lowest BCUT2D eigenvalue weighted by atomic mass is 9.80. The molecule has 0 heterocycles. The minimum atomic E-state index is -0.857. The van der Waals surface area contributed by atoms with Crippen LogP contribution in [-0.2, 0) is 28.8 Å². The molecule has 0 spiro atoms. The van der Waals surface area contributed by atoms with Crippen LogP contribution in [0, 0.1) is 88.8 Å². The van der Waals surface area contributed by atoms with E-state index >= 15 is 0 Å². The highest BCUT2D eigenvalue weighted by atomic mass is 16.4. The topological polar surface area (TPSA) is 209 Å². The molecule has 13 heteroatoms. The van der Waals surface area contributed by atoms with Crippen LogP contribution in [0.25, 0.3) is 0 Å². The first-order chi connectivity index (χ1) is 29.3. The first-order valence-electron chi connectivity index (χ1n) is 24.8. The Hall–Kier alpha value is -3.22. The Morgan fingerprint density at radius 2 is 0.562 bits per heavy atom. The molecule has 374 valence electrons. The maximum absolute atomic E-state index is 14.0. The molecule has 5 amide bonds. The van der Waals surface area contributed by atoms with E-state index in [9.17, 15) is 33.9 Å². The Bertz CT molecular complexity index is 1470. The molecule has 0 fully saturated rings. The molecule has 0 rings (SSSR count). The molecule has 0 aromatic carbocycles. The van der Waals surface area contributed by atoms with Gasteiger partial charge >= 0.3 is 5.97 Å². The molecular formula is C51H98N6O7. The third-order valence-electron chi connectivity index (χ3n) is 15.3. The maximum Gasteiger partial charge on any atom is 0.306 e. The van der Waals surface area contributed by atoms with Crippen molar-refractivity contribution in [3.63, 3.8) is 0 Å². The van der Waals surface area contributed by atoms with E-state index in [0.717, 1.165) is 0 Å². The second kappa shape index (κ2) is 28.1. The molecule has 0 aromatic heterocycles. The number of hydrogen-bond acceptors (Lipinski definition) is 7. The summed E-state index contributed by atoms with van der Waals surface area (Å²) in [5.41, 5.74) is 6.07. The van der Waals surface area contributed by atoms with Crippen LogP contribution in [0.1, 0.15) is 165 Å². The van der Waals surface area contributed by atoms with Crippen molar-refractivity contribution in [2.24, 2.45) is 94.5 Å². The van der Waals surface area contributed by atoms with E-state index in [1.54, 1.807) is 0 Å². The normalized spacial score (nSPS) is 20.6. The number of carboxylic acid groups (broad SMARTS) is 1. The van der Waals surface area contributed by atoms with Crippen LogP contribution >= 0.6 is 0 Å². The Morgan fingerprint density at radius 1 is 0.344 bits per heavy atom. The molecule has 0 aromatic rings. The smallest absolute Gasteiger partial charge is 0.306 e. The summed E-state index contributed by atoms with van der Waals surface area (Å²) in [6.45, 7) is 41.1. The van der Waals surface area contributed by atoms with Crippen molar-refractivity contribution in [1.29, 1.82) is 0 Å². The van der Waals surface area contributed by atoms with Gasteiger partial charge in [-0.05, 0) is 114 Å². The Labute approximate surface area is 390 Å². The van der Waals surface area contributed by atoms with Gasteiger partial charge in [-0.1, -0.05) is 104 Å². The standard InChI is InChI=1S/C51H98N6O7/c1-25(2)22-43(34(13)40(19)53-46(58)31(10)28(7)37(16)52)49(61)56-38(17)29(8)32(11)47(59)54-41(20)35(14)44(23-26(3)4)50(62)57-39(18)30(9)33(12)48(60)55-42(21)36(15)45(51(63)64)24-27(5)6/h25-45H,22-24,52H2,1-21H3,(H,53,58)(H,54,59)(H,55,60)(H,56,61)(H,57,62)(H,63,64)/t28-,29-,30-,31-,32-,33-,34+,35+,36+,37-,38-,39-,40-,41-,42-,43-,44-,45-/m1/s1. The lowest BCUT2D eigenvalue weighted by Gasteiger charge is -2.35. The number of rotatable bonds is 29. The molecule has 0 saturated heterocycles. The van der Waals surface area contributed by atoms with Gasteiger partial charge in [0.05, 0.1) is 5.92 Å². The van der Waals surface area contributed by atoms with Crippen LogP contribution in [0.4, 0.5) is 0 Å². The lowest BCUT2D eigenvalue weighted by Crippen LogP contribution is -2.52. The number of nitrogens with two attached hydrogens (primary N) is 1. The molecule has 18 atom stereocenters. The predicted octanol–water partition coefficient (Wildman–Crippen LogP) is 7.65. The van der Waals surface area contributed by atoms with Gasteiger partial charge in [0.25, 0.3) is 0 Å². The summed E-state index contributed by atoms with van der Waals surface area (Å²) in [5.74, 6) is -4.32. The predicted molar refractivity (Wildman–Crippen MR) is 261 cm³/mol. The summed E-state index contributed by atoms with van der Waals surface area (Å²) in [6, 6.07) is -1.69. The van der Waals surface area contributed by atoms with Gasteiger partial charge in [0.1, 0.15) is 0 Å². The van der Waals surface area contributed by atoms with Crippen molar-refractivity contribution in [3.05, 3.63) is 0 Å². The van der Waals surface area contributed by atoms with Crippen molar-refractivity contribution >= 4 is 35.5 Å². The van der Waals surface area contributed by atoms with Crippen LogP contribution in [0.5, 0.6) is 0 Å². The molecule has 8 N–H and O–H groups in total. The number of aliphatic carboxylic acids is 1. The average Bonchev–Trinajstić information content (AvgIpc) is 3.20. The first-order valence-corrected chi connectivity index (χ1v) is 24.8. The third-order valence-corrected chi connectivity index (χ3v) is 15.3. The third kappa shape index (κ3) is 19.3. The van der Waals surface area contributed by atoms with E-state index in [0.29, 0.717) is 19.3 Å². The monoisotopic (exact) mass is 907 g/mol. The maximum atomic E-state index is 14.0. The van der Waals surface area contributed by atoms with E-state index < -0.39 is 29.6 Å². The number of carboxylic acids is 1. The Kier molecular flexibility index (Phi) is 26.7. The van der Waals surface area contributed by atoms with Crippen LogP contribution in [0.3, 0.4) is 0 Å². The molecular weight excluding hydrogens is 809 g/mol. The van der Waals surface area contributed by atoms with Crippen LogP contribution in [-0.4, -0.2) is 76.9 Å². The molecule has 13 nitrogen and oxygen atoms in total. The Balaban J connectivity index is 5.77. The SMILES string of the molecule is CC(C)C[C@@H](C(=O)O)[C@@H](C)[C@@H](C)NC(=O)[C@H](C)[C@@H](C)[C@@H](C)NC(=O)[C@H](CC(C)C)[C@@H](C)[C@@H](C)NC(=O)[C@H](C)[C@@H](C)[C@@H](C)NC(=O)[C@H](CC(C)C)[C@@H](C)[C@@H](C)NC(=O)[C@H](C)[C@@H](C)[C@@H](C)N. The molecule has 0 aliphatic rings. The zero-order chi connectivity index (χ0) is 50.2. The lowest BCUT2D eigenvalue weighted by molar-refractivity contribution is -0.145. The van der Waals surface area contributed by atoms with Crippen molar-refractivity contribution in [2.45, 2.75) is 201 Å². The zero-order valence-corrected chi connectivity index (χ0v) is 44.2. The van der Waals surface area contributed by atoms with E-state index in [2.05, 4.69) is 54.3 Å². The highest BCUT2D eigenvalue weighted by Crippen LogP contribution is 2.29. The van der Waals surface area contributed by atoms with Crippen molar-refractivity contribution in [2.75, 3.05) is 0 Å². The van der Waals surface area contributed by atoms with Gasteiger partial charge in [0.15, 0.2) is 0 Å². The van der Waals surface area contributed by atoms with Crippen LogP contribution in [0.15, 0.2) is 0 Å². The minimum absolute atomic E-state index is 0.00788. The van der Waals surface area contributed by atoms with Gasteiger partial charge in [-0.15, -0.1) is 0 Å². The molecule has 0 aliphatic carbocycles. The first kappa shape index (κ1) is 60.8. The summed E-state index contributed by atoms with van der Waals surface area (Å²) >= 11 is 0. The quantitative estimate of drug-likeness (QED) is 0.0396. The second-order valence-corrected chi connectivity index (χ2v) is 21.9. The van der Waals surface area contributed by atoms with Gasteiger partial charge < -0.3 is 37.4 Å². The highest BCUT2D eigenvalue weighted by molar-refractivity contribution is 5.83. The van der Waals surface area contributed by atoms with Gasteiger partial charge in [0.2, 0.25) is 29.5 Å². The van der Waals surface area contributed by atoms with Crippen molar-refractivity contribution in [3.8, 4) is 0 Å². The fraction of sp³-hybridized carbons (Fsp3) is 0.882. The number of amides is 5. The van der Waals surface area contributed by atoms with E-state index in [4.69, 9.17) is 5.73 Å². The molecule has 0 unspecified atom stereocenters. The summed E-state index contributed by atoms with van der Waals surface area (Å²) in [5, 5.41) is 25.7. The van der Waals surface area contributed by atoms with E-state index in [-0.39, 0.29) is 131 Å². The van der Waals surface area contributed by atoms with E-state index in [1.807, 2.05) is 118 Å². The summed E-state index contributed by atoms with van der Waals surface area (Å²) in [7, 11) is 0. The van der Waals surface area contributed by atoms with Crippen LogP contribution in [0.2, 0.25) is 0 Å². The average molecular weight is 907 g/mol. The number of nitrogens with one attached hydrogen (secondary N) is 5. The number of carbonyl (C=O) groups is 6. The zero-order valence-electron chi connectivity index (χ0n) is 44.2. The van der Waals surface area contributed by atoms with E-state index in [1.165, 1.54) is 0 Å². The minimum Gasteiger partial charge on any atom is -0.481 e. The molecule has 0 aliphatic heterocycles. The fourth-order valence-electron chi connectivity index (χ4n) is 8.66. The fourth-order valence-corrected chi connectivity index (χ4v) is 8.66. The van der Waals surface area contributed by atoms with Crippen molar-refractivity contribution in [1.82, 2.24) is 26.6 Å². The summed E-state index contributed by atoms with van der Waals surface area (Å²) < 4.78 is 0. The van der Waals surface area contributed by atoms with Crippen LogP contribution < -0.4 is 32.3 Å². The van der Waals surface area contributed by atoms with Crippen molar-refractivity contribution < 1.29 is 33.9 Å². The number of hydrogen-bond donors (Lipinski definition) is 7. The molecule has 64 heavy (non-hydrogen) atoms. The van der Waals surface area contributed by atoms with Gasteiger partial charge in [0, 0.05) is 65.8 Å². The molecule has 0 saturated carbocycles. The molecule has 0 bridgehead atoms. The second-order valence-electron chi connectivity index (χ2n) is 21.9. The number of carbonyl (C=O) groups excluding carboxylic acids is 5. The van der Waals surface area contributed by atoms with Gasteiger partial charge in [-0.25, -0.2) is 0 Å². The Morgan fingerprint density at radius 3 is 0.812 bits per heavy atom. The molecule has 0 radical (unpaired) electrons. The van der Waals surface area contributed by atoms with Gasteiger partial charge in [-0.3, -0.25) is 28.8 Å². The highest BCUT2D eigenvalue weighted by Gasteiger charge is 2.38. The summed E-state index contributed by atoms with van der Waals surface area (Å²) in [4.78, 5) is 80.4. The summed E-state index contributed by atoms with van der Waals surface area (Å²) in [6.07, 6.45) is 1.79. The largest absolute Gasteiger partial charge is 0.481 e.